The van der Waals surface area contributed by atoms with Gasteiger partial charge in [0.15, 0.2) is 15.8 Å². The fourth-order valence-electron chi connectivity index (χ4n) is 4.52. The molecule has 0 bridgehead atoms. The zero-order chi connectivity index (χ0) is 30.5. The quantitative estimate of drug-likeness (QED) is 0.0434. The third-order valence-corrected chi connectivity index (χ3v) is 9.46. The number of unbranched alkanes of at least 4 members (excludes halogenated alkanes) is 1. The van der Waals surface area contributed by atoms with Crippen molar-refractivity contribution in [2.45, 2.75) is 35.9 Å². The number of aliphatic hydroxyl groups excluding tert-OH is 1. The van der Waals surface area contributed by atoms with Crippen molar-refractivity contribution in [3.63, 3.8) is 0 Å². The third kappa shape index (κ3) is 6.67. The number of amides is 1. The van der Waals surface area contributed by atoms with Crippen molar-refractivity contribution in [2.24, 2.45) is 0 Å². The number of carbonyl (C=O) groups excluding carboxylic acids is 2. The van der Waals surface area contributed by atoms with E-state index in [1.807, 2.05) is 24.3 Å². The highest BCUT2D eigenvalue weighted by molar-refractivity contribution is 8.00. The summed E-state index contributed by atoms with van der Waals surface area (Å²) < 4.78 is 12.1. The summed E-state index contributed by atoms with van der Waals surface area (Å²) >= 11 is 14.9. The lowest BCUT2D eigenvalue weighted by molar-refractivity contribution is -0.132. The fraction of sp³-hybridized carbons (Fsp3) is 0.226. The van der Waals surface area contributed by atoms with Gasteiger partial charge in [0.05, 0.1) is 25.3 Å². The molecule has 1 saturated heterocycles. The van der Waals surface area contributed by atoms with Crippen LogP contribution in [-0.2, 0) is 15.3 Å². The molecule has 5 rings (SSSR count). The van der Waals surface area contributed by atoms with E-state index in [-0.39, 0.29) is 16.5 Å². The van der Waals surface area contributed by atoms with Crippen molar-refractivity contribution in [2.75, 3.05) is 18.6 Å². The summed E-state index contributed by atoms with van der Waals surface area (Å²) in [5.41, 5.74) is 1.71. The van der Waals surface area contributed by atoms with Crippen LogP contribution in [0.2, 0.25) is 10.0 Å². The van der Waals surface area contributed by atoms with Crippen LogP contribution in [0, 0.1) is 0 Å². The molecule has 3 aromatic carbocycles. The van der Waals surface area contributed by atoms with Gasteiger partial charge in [-0.3, -0.25) is 14.5 Å². The second-order valence-corrected chi connectivity index (χ2v) is 12.5. The number of methoxy groups -OCH3 is 1. The van der Waals surface area contributed by atoms with E-state index in [1.165, 1.54) is 35.1 Å². The average molecular weight is 657 g/mol. The minimum Gasteiger partial charge on any atom is -0.507 e. The Labute approximate surface area is 267 Å². The molecule has 1 unspecified atom stereocenters. The number of hydrogen-bond acceptors (Lipinski definition) is 9. The molecule has 0 radical (unpaired) electrons. The molecule has 1 N–H and O–H groups in total. The number of benzene rings is 3. The SMILES string of the molecule is CCCCOc1ccc(C2/C(=C(/O)c3ccc(Cl)cc3)C(=O)C(=O)N2c2nnc(SCc3ccccc3Cl)s2)cc1OC. The van der Waals surface area contributed by atoms with Crippen LogP contribution in [0.1, 0.15) is 42.5 Å². The fourth-order valence-corrected chi connectivity index (χ4v) is 6.80. The highest BCUT2D eigenvalue weighted by Crippen LogP contribution is 2.45. The maximum absolute atomic E-state index is 13.6. The Morgan fingerprint density at radius 3 is 2.53 bits per heavy atom. The van der Waals surface area contributed by atoms with E-state index in [4.69, 9.17) is 32.7 Å². The number of aliphatic hydroxyl groups is 1. The summed E-state index contributed by atoms with van der Waals surface area (Å²) in [6.45, 7) is 2.59. The van der Waals surface area contributed by atoms with E-state index in [0.29, 0.717) is 49.4 Å². The van der Waals surface area contributed by atoms with Gasteiger partial charge in [-0.05, 0) is 60.0 Å². The molecule has 2 heterocycles. The maximum atomic E-state index is 13.6. The van der Waals surface area contributed by atoms with Crippen molar-refractivity contribution in [1.82, 2.24) is 10.2 Å². The first-order valence-electron chi connectivity index (χ1n) is 13.4. The van der Waals surface area contributed by atoms with Crippen LogP contribution in [0.15, 0.2) is 76.6 Å². The molecule has 1 atom stereocenters. The van der Waals surface area contributed by atoms with Crippen molar-refractivity contribution in [3.8, 4) is 11.5 Å². The number of hydrogen-bond donors (Lipinski definition) is 1. The first-order valence-corrected chi connectivity index (χ1v) is 16.0. The van der Waals surface area contributed by atoms with E-state index in [2.05, 4.69) is 17.1 Å². The Bertz CT molecular complexity index is 1680. The predicted molar refractivity (Wildman–Crippen MR) is 171 cm³/mol. The molecule has 43 heavy (non-hydrogen) atoms. The Morgan fingerprint density at radius 2 is 1.81 bits per heavy atom. The molecule has 4 aromatic rings. The molecule has 0 spiro atoms. The Balaban J connectivity index is 1.56. The van der Waals surface area contributed by atoms with Gasteiger partial charge in [-0.25, -0.2) is 0 Å². The van der Waals surface area contributed by atoms with E-state index in [1.54, 1.807) is 42.5 Å². The van der Waals surface area contributed by atoms with Gasteiger partial charge in [0.2, 0.25) is 5.13 Å². The molecule has 12 heteroatoms. The molecule has 1 amide bonds. The smallest absolute Gasteiger partial charge is 0.301 e. The minimum atomic E-state index is -1.01. The molecule has 1 aromatic heterocycles. The zero-order valence-electron chi connectivity index (χ0n) is 23.3. The highest BCUT2D eigenvalue weighted by atomic mass is 35.5. The van der Waals surface area contributed by atoms with Gasteiger partial charge in [0, 0.05) is 21.4 Å². The Hall–Kier alpha value is -3.57. The van der Waals surface area contributed by atoms with Gasteiger partial charge in [-0.2, -0.15) is 0 Å². The number of ketones is 1. The van der Waals surface area contributed by atoms with Gasteiger partial charge < -0.3 is 14.6 Å². The monoisotopic (exact) mass is 655 g/mol. The molecule has 1 fully saturated rings. The van der Waals surface area contributed by atoms with E-state index in [9.17, 15) is 14.7 Å². The molecule has 1 aliphatic rings. The second kappa shape index (κ2) is 13.8. The van der Waals surface area contributed by atoms with Gasteiger partial charge >= 0.3 is 5.91 Å². The van der Waals surface area contributed by atoms with Gasteiger partial charge in [-0.15, -0.1) is 10.2 Å². The van der Waals surface area contributed by atoms with E-state index in [0.717, 1.165) is 18.4 Å². The van der Waals surface area contributed by atoms with Crippen molar-refractivity contribution in [3.05, 3.63) is 99.0 Å². The van der Waals surface area contributed by atoms with Gasteiger partial charge in [-0.1, -0.05) is 83.9 Å². The third-order valence-electron chi connectivity index (χ3n) is 6.73. The summed E-state index contributed by atoms with van der Waals surface area (Å²) in [7, 11) is 1.52. The second-order valence-electron chi connectivity index (χ2n) is 9.52. The Kier molecular flexibility index (Phi) is 9.92. The average Bonchev–Trinajstić information content (AvgIpc) is 3.58. The topological polar surface area (TPSA) is 102 Å². The van der Waals surface area contributed by atoms with Crippen molar-refractivity contribution >= 4 is 68.9 Å². The molecule has 8 nitrogen and oxygen atoms in total. The van der Waals surface area contributed by atoms with Gasteiger partial charge in [0.25, 0.3) is 5.78 Å². The number of ether oxygens (including phenoxy) is 2. The number of Topliss-reactive ketones (excluding diaryl/α,β-unsaturated/α-hetero) is 1. The zero-order valence-corrected chi connectivity index (χ0v) is 26.4. The summed E-state index contributed by atoms with van der Waals surface area (Å²) in [6, 6.07) is 18.0. The number of halogens is 2. The van der Waals surface area contributed by atoms with E-state index >= 15 is 0 Å². The number of aromatic nitrogens is 2. The Morgan fingerprint density at radius 1 is 1.05 bits per heavy atom. The minimum absolute atomic E-state index is 0.0884. The number of anilines is 1. The first-order chi connectivity index (χ1) is 20.8. The summed E-state index contributed by atoms with van der Waals surface area (Å²) in [5.74, 6) is -0.504. The van der Waals surface area contributed by atoms with Crippen molar-refractivity contribution < 1.29 is 24.2 Å². The number of rotatable bonds is 11. The van der Waals surface area contributed by atoms with Crippen LogP contribution >= 0.6 is 46.3 Å². The standard InChI is InChI=1S/C31H27Cl2N3O5S2/c1-3-4-15-41-23-14-11-19(16-24(23)40-2)26-25(27(37)18-9-12-21(32)13-10-18)28(38)29(39)36(26)30-34-35-31(43-30)42-17-20-7-5-6-8-22(20)33/h5-14,16,26,37H,3-4,15,17H2,1-2H3/b27-25-. The lowest BCUT2D eigenvalue weighted by Gasteiger charge is -2.23. The van der Waals surface area contributed by atoms with Gasteiger partial charge in [0.1, 0.15) is 5.76 Å². The lowest BCUT2D eigenvalue weighted by Crippen LogP contribution is -2.29. The van der Waals surface area contributed by atoms with Crippen LogP contribution in [0.5, 0.6) is 11.5 Å². The largest absolute Gasteiger partial charge is 0.507 e. The summed E-state index contributed by atoms with van der Waals surface area (Å²) in [6.07, 6.45) is 1.85. The lowest BCUT2D eigenvalue weighted by atomic mass is 9.95. The van der Waals surface area contributed by atoms with E-state index < -0.39 is 17.7 Å². The first kappa shape index (κ1) is 30.9. The molecule has 222 valence electrons. The summed E-state index contributed by atoms with van der Waals surface area (Å²) in [5, 5.41) is 21.3. The number of carbonyl (C=O) groups is 2. The van der Waals surface area contributed by atoms with Crippen LogP contribution in [0.25, 0.3) is 5.76 Å². The van der Waals surface area contributed by atoms with Crippen molar-refractivity contribution in [1.29, 1.82) is 0 Å². The molecule has 0 aliphatic carbocycles. The number of nitrogens with zero attached hydrogens (tertiary/aromatic N) is 3. The molecule has 1 aliphatic heterocycles. The van der Waals surface area contributed by atoms with Crippen LogP contribution in [0.4, 0.5) is 5.13 Å². The normalized spacial score (nSPS) is 16.1. The van der Waals surface area contributed by atoms with Crippen LogP contribution in [-0.4, -0.2) is 40.7 Å². The summed E-state index contributed by atoms with van der Waals surface area (Å²) in [4.78, 5) is 28.4. The highest BCUT2D eigenvalue weighted by Gasteiger charge is 2.48. The van der Waals surface area contributed by atoms with Crippen LogP contribution in [0.3, 0.4) is 0 Å². The molecular weight excluding hydrogens is 629 g/mol. The van der Waals surface area contributed by atoms with Crippen LogP contribution < -0.4 is 14.4 Å². The maximum Gasteiger partial charge on any atom is 0.301 e. The molecular formula is C31H27Cl2N3O5S2. The predicted octanol–water partition coefficient (Wildman–Crippen LogP) is 7.95. The number of thioether (sulfide) groups is 1. The molecule has 0 saturated carbocycles.